The largest absolute Gasteiger partial charge is 0.460 e. The summed E-state index contributed by atoms with van der Waals surface area (Å²) in [6.45, 7) is 2.03. The Balaban J connectivity index is 2.11. The molecule has 256 valence electrons. The van der Waals surface area contributed by atoms with Crippen LogP contribution in [0.25, 0.3) is 11.4 Å². The van der Waals surface area contributed by atoms with Crippen LogP contribution >= 0.6 is 0 Å². The molecule has 0 N–H and O–H groups in total. The van der Waals surface area contributed by atoms with E-state index in [0.717, 1.165) is 55.5 Å². The minimum absolute atomic E-state index is 0.0848. The molecule has 1 atom stereocenters. The molecule has 0 saturated carbocycles. The Hall–Kier alpha value is -3.10. The molecule has 0 fully saturated rings. The van der Waals surface area contributed by atoms with E-state index in [1.54, 1.807) is 0 Å². The van der Waals surface area contributed by atoms with Crippen LogP contribution in [0, 0.1) is 0 Å². The molecule has 0 saturated heterocycles. The number of nitrogens with zero attached hydrogens (tertiary/aromatic N) is 2. The number of alkyl halides is 16. The Morgan fingerprint density at radius 3 is 1.64 bits per heavy atom. The highest BCUT2D eigenvalue weighted by Crippen LogP contribution is 2.56. The molecule has 0 aliphatic heterocycles. The first-order valence-electron chi connectivity index (χ1n) is 12.3. The number of ether oxygens (including phenoxy) is 3. The molecule has 0 aliphatic rings. The Morgan fingerprint density at radius 1 is 0.644 bits per heavy atom. The van der Waals surface area contributed by atoms with Gasteiger partial charge in [-0.25, -0.2) is 19.4 Å². The lowest BCUT2D eigenvalue weighted by Gasteiger charge is -2.36. The van der Waals surface area contributed by atoms with Crippen LogP contribution in [-0.4, -0.2) is 58.8 Å². The monoisotopic (exact) mass is 688 g/mol. The van der Waals surface area contributed by atoms with Crippen LogP contribution in [0.5, 0.6) is 5.75 Å². The van der Waals surface area contributed by atoms with Gasteiger partial charge in [0.25, 0.3) is 0 Å². The molecule has 2 rings (SSSR count). The van der Waals surface area contributed by atoms with E-state index < -0.39 is 54.6 Å². The van der Waals surface area contributed by atoms with Crippen LogP contribution in [0.1, 0.15) is 38.2 Å². The van der Waals surface area contributed by atoms with Crippen LogP contribution < -0.4 is 4.74 Å². The van der Waals surface area contributed by atoms with Gasteiger partial charge in [0.1, 0.15) is 5.75 Å². The molecule has 0 spiro atoms. The fourth-order valence-electron chi connectivity index (χ4n) is 3.18. The second-order valence-corrected chi connectivity index (χ2v) is 9.15. The normalized spacial score (nSPS) is 14.9. The summed E-state index contributed by atoms with van der Waals surface area (Å²) in [5, 5.41) is 0. The first kappa shape index (κ1) is 38.1. The molecule has 1 unspecified atom stereocenters. The van der Waals surface area contributed by atoms with E-state index in [-0.39, 0.29) is 11.4 Å². The average Bonchev–Trinajstić information content (AvgIpc) is 2.90. The lowest BCUT2D eigenvalue weighted by molar-refractivity contribution is -0.547. The topological polar surface area (TPSA) is 53.5 Å². The SMILES string of the molecule is CCCCCCc1cnc(-c2ccc(OC(F)C(F)(F)OC(F)(F)C(F)(F)OC(F)(F)C(F)(F)C(F)(F)C(F)(F)F)cc2)nc1. The number of aromatic nitrogens is 2. The molecule has 0 radical (unpaired) electrons. The van der Waals surface area contributed by atoms with Gasteiger partial charge < -0.3 is 4.74 Å². The van der Waals surface area contributed by atoms with Gasteiger partial charge in [-0.2, -0.15) is 70.2 Å². The smallest absolute Gasteiger partial charge is 0.452 e. The summed E-state index contributed by atoms with van der Waals surface area (Å²) in [6, 6.07) is 3.57. The van der Waals surface area contributed by atoms with E-state index in [2.05, 4.69) is 19.4 Å². The Kier molecular flexibility index (Phi) is 11.3. The number of rotatable bonds is 16. The number of benzene rings is 1. The summed E-state index contributed by atoms with van der Waals surface area (Å²) in [7, 11) is 0. The minimum atomic E-state index is -8.00. The van der Waals surface area contributed by atoms with Crippen LogP contribution in [0.15, 0.2) is 36.7 Å². The highest BCUT2D eigenvalue weighted by Gasteiger charge is 2.85. The highest BCUT2D eigenvalue weighted by atomic mass is 19.4. The maximum Gasteiger partial charge on any atom is 0.460 e. The van der Waals surface area contributed by atoms with Crippen molar-refractivity contribution in [3.05, 3.63) is 42.2 Å². The molecule has 1 heterocycles. The second-order valence-electron chi connectivity index (χ2n) is 9.15. The summed E-state index contributed by atoms with van der Waals surface area (Å²) in [6.07, 6.45) is -33.3. The fraction of sp³-hybridized carbons (Fsp3) is 0.583. The van der Waals surface area contributed by atoms with Crippen molar-refractivity contribution in [2.45, 2.75) is 87.8 Å². The van der Waals surface area contributed by atoms with E-state index in [1.165, 1.54) is 17.1 Å². The molecule has 0 aliphatic carbocycles. The zero-order valence-corrected chi connectivity index (χ0v) is 22.2. The van der Waals surface area contributed by atoms with E-state index in [9.17, 15) is 70.2 Å². The van der Waals surface area contributed by atoms with E-state index >= 15 is 0 Å². The van der Waals surface area contributed by atoms with Crippen LogP contribution in [-0.2, 0) is 15.9 Å². The molecule has 0 bridgehead atoms. The molecule has 5 nitrogen and oxygen atoms in total. The molecule has 0 amide bonds. The summed E-state index contributed by atoms with van der Waals surface area (Å²) in [4.78, 5) is 8.15. The first-order valence-corrected chi connectivity index (χ1v) is 12.3. The average molecular weight is 688 g/mol. The second kappa shape index (κ2) is 13.3. The van der Waals surface area contributed by atoms with Crippen LogP contribution in [0.4, 0.5) is 70.2 Å². The third kappa shape index (κ3) is 8.59. The van der Waals surface area contributed by atoms with Gasteiger partial charge in [-0.1, -0.05) is 26.2 Å². The van der Waals surface area contributed by atoms with Crippen molar-refractivity contribution in [1.29, 1.82) is 0 Å². The molecular weight excluding hydrogens is 668 g/mol. The number of hydrogen-bond donors (Lipinski definition) is 0. The van der Waals surface area contributed by atoms with Gasteiger partial charge in [-0.05, 0) is 42.7 Å². The van der Waals surface area contributed by atoms with Gasteiger partial charge in [-0.15, -0.1) is 0 Å². The Morgan fingerprint density at radius 2 is 1.16 bits per heavy atom. The Bertz CT molecular complexity index is 1240. The van der Waals surface area contributed by atoms with Crippen molar-refractivity contribution in [1.82, 2.24) is 9.97 Å². The van der Waals surface area contributed by atoms with Crippen molar-refractivity contribution < 1.29 is 84.5 Å². The van der Waals surface area contributed by atoms with Gasteiger partial charge in [0.2, 0.25) is 0 Å². The fourth-order valence-corrected chi connectivity index (χ4v) is 3.18. The number of aryl methyl sites for hydroxylation is 1. The zero-order chi connectivity index (χ0) is 34.7. The maximum atomic E-state index is 14.0. The van der Waals surface area contributed by atoms with Crippen molar-refractivity contribution in [3.8, 4) is 17.1 Å². The quantitative estimate of drug-likeness (QED) is 0.130. The lowest BCUT2D eigenvalue weighted by atomic mass is 10.1. The molecule has 1 aromatic carbocycles. The Labute approximate surface area is 242 Å². The zero-order valence-electron chi connectivity index (χ0n) is 22.2. The minimum Gasteiger partial charge on any atom is -0.452 e. The summed E-state index contributed by atoms with van der Waals surface area (Å²) in [5.74, 6) is -16.7. The predicted octanol–water partition coefficient (Wildman–Crippen LogP) is 9.18. The third-order valence-electron chi connectivity index (χ3n) is 5.62. The molecular formula is C24H20F16N2O3. The highest BCUT2D eigenvalue weighted by molar-refractivity contribution is 5.55. The predicted molar refractivity (Wildman–Crippen MR) is 119 cm³/mol. The van der Waals surface area contributed by atoms with Crippen molar-refractivity contribution in [2.75, 3.05) is 0 Å². The van der Waals surface area contributed by atoms with Crippen molar-refractivity contribution in [2.24, 2.45) is 0 Å². The summed E-state index contributed by atoms with van der Waals surface area (Å²) >= 11 is 0. The van der Waals surface area contributed by atoms with Gasteiger partial charge in [0.05, 0.1) is 0 Å². The van der Waals surface area contributed by atoms with E-state index in [1.807, 2.05) is 6.92 Å². The van der Waals surface area contributed by atoms with E-state index in [4.69, 9.17) is 0 Å². The van der Waals surface area contributed by atoms with Gasteiger partial charge >= 0.3 is 48.8 Å². The number of hydrogen-bond acceptors (Lipinski definition) is 5. The molecule has 2 aromatic rings. The number of unbranched alkanes of at least 4 members (excludes halogenated alkanes) is 3. The van der Waals surface area contributed by atoms with Crippen LogP contribution in [0.3, 0.4) is 0 Å². The van der Waals surface area contributed by atoms with Gasteiger partial charge in [0, 0.05) is 18.0 Å². The standard InChI is InChI=1S/C24H20F16N2O3/c1-2-3-4-5-6-13-11-41-16(42-12-13)14-7-9-15(10-8-14)43-17(25)18(26,27)44-23(37,38)24(39,40)45-22(35,36)20(30,31)19(28,29)21(32,33)34/h7-12,17H,2-6H2,1H3. The summed E-state index contributed by atoms with van der Waals surface area (Å²) in [5.41, 5.74) is 0.984. The number of halogens is 16. The van der Waals surface area contributed by atoms with Crippen LogP contribution in [0.2, 0.25) is 0 Å². The maximum absolute atomic E-state index is 14.0. The third-order valence-corrected chi connectivity index (χ3v) is 5.62. The molecule has 1 aromatic heterocycles. The first-order chi connectivity index (χ1) is 20.3. The molecule has 21 heteroatoms. The van der Waals surface area contributed by atoms with Crippen molar-refractivity contribution in [3.63, 3.8) is 0 Å². The van der Waals surface area contributed by atoms with Crippen molar-refractivity contribution >= 4 is 0 Å². The molecule has 45 heavy (non-hydrogen) atoms. The van der Waals surface area contributed by atoms with E-state index in [0.29, 0.717) is 6.42 Å². The lowest BCUT2D eigenvalue weighted by Crippen LogP contribution is -2.64. The summed E-state index contributed by atoms with van der Waals surface area (Å²) < 4.78 is 218. The van der Waals surface area contributed by atoms with Gasteiger partial charge in [-0.3, -0.25) is 0 Å². The van der Waals surface area contributed by atoms with Gasteiger partial charge in [0.15, 0.2) is 5.82 Å².